The number of anilines is 1. The van der Waals surface area contributed by atoms with Gasteiger partial charge in [0.2, 0.25) is 0 Å². The summed E-state index contributed by atoms with van der Waals surface area (Å²) in [6, 6.07) is 9.65. The molecule has 3 aromatic heterocycles. The number of hydrogen-bond acceptors (Lipinski definition) is 5. The molecule has 0 aliphatic heterocycles. The Morgan fingerprint density at radius 2 is 2.11 bits per heavy atom. The van der Waals surface area contributed by atoms with Crippen LogP contribution in [-0.4, -0.2) is 33.1 Å². The predicted molar refractivity (Wildman–Crippen MR) is 100 cm³/mol. The quantitative estimate of drug-likeness (QED) is 0.747. The van der Waals surface area contributed by atoms with Gasteiger partial charge in [0.05, 0.1) is 39.9 Å². The van der Waals surface area contributed by atoms with E-state index in [1.807, 2.05) is 18.2 Å². The maximum atomic E-state index is 12.3. The highest BCUT2D eigenvalue weighted by molar-refractivity contribution is 6.00. The second-order valence-corrected chi connectivity index (χ2v) is 7.49. The van der Waals surface area contributed by atoms with Gasteiger partial charge in [0.1, 0.15) is 6.07 Å². The summed E-state index contributed by atoms with van der Waals surface area (Å²) in [6.07, 6.45) is 6.67. The van der Waals surface area contributed by atoms with E-state index in [0.717, 1.165) is 28.5 Å². The van der Waals surface area contributed by atoms with Gasteiger partial charge >= 0.3 is 0 Å². The summed E-state index contributed by atoms with van der Waals surface area (Å²) in [4.78, 5) is 16.8. The molecule has 27 heavy (non-hydrogen) atoms. The summed E-state index contributed by atoms with van der Waals surface area (Å²) >= 11 is 0. The summed E-state index contributed by atoms with van der Waals surface area (Å²) in [7, 11) is 1.62. The van der Waals surface area contributed by atoms with Crippen LogP contribution in [0.1, 0.15) is 35.2 Å². The minimum atomic E-state index is -0.153. The van der Waals surface area contributed by atoms with Gasteiger partial charge in [-0.1, -0.05) is 0 Å². The number of nitrogens with zero attached hydrogens (tertiary/aromatic N) is 4. The standard InChI is InChI=1S/C20H18N6O/c1-22-19(27)15-11-23-17(5-16(15)25-20-6-13(7-20)8-20)18-3-2-14-4-12(9-21)10-24-26(14)18/h2-5,10-11,13H,6-8H2,1H3,(H,22,27)(H,23,25). The predicted octanol–water partition coefficient (Wildman–Crippen LogP) is 2.59. The third-order valence-electron chi connectivity index (χ3n) is 5.71. The highest BCUT2D eigenvalue weighted by Crippen LogP contribution is 2.58. The number of hydrogen-bond donors (Lipinski definition) is 2. The molecular weight excluding hydrogens is 340 g/mol. The topological polar surface area (TPSA) is 95.1 Å². The minimum absolute atomic E-state index is 0.146. The number of aromatic nitrogens is 3. The highest BCUT2D eigenvalue weighted by atomic mass is 16.1. The number of fused-ring (bicyclic) bond motifs is 1. The van der Waals surface area contributed by atoms with Gasteiger partial charge in [-0.2, -0.15) is 10.4 Å². The van der Waals surface area contributed by atoms with E-state index in [4.69, 9.17) is 5.26 Å². The Morgan fingerprint density at radius 3 is 2.78 bits per heavy atom. The molecule has 0 atom stereocenters. The lowest BCUT2D eigenvalue weighted by molar-refractivity contribution is 0.00209. The number of nitrogens with one attached hydrogen (secondary N) is 2. The van der Waals surface area contributed by atoms with Gasteiger partial charge in [-0.15, -0.1) is 0 Å². The van der Waals surface area contributed by atoms with E-state index in [-0.39, 0.29) is 11.4 Å². The number of pyridine rings is 1. The van der Waals surface area contributed by atoms with Gasteiger partial charge in [0, 0.05) is 18.8 Å². The van der Waals surface area contributed by atoms with E-state index in [2.05, 4.69) is 26.8 Å². The van der Waals surface area contributed by atoms with Crippen LogP contribution in [0.4, 0.5) is 5.69 Å². The summed E-state index contributed by atoms with van der Waals surface area (Å²) < 4.78 is 1.76. The van der Waals surface area contributed by atoms with Crippen LogP contribution in [0.5, 0.6) is 0 Å². The Kier molecular flexibility index (Phi) is 3.25. The maximum Gasteiger partial charge on any atom is 0.254 e. The maximum absolute atomic E-state index is 12.3. The third-order valence-corrected chi connectivity index (χ3v) is 5.71. The lowest BCUT2D eigenvalue weighted by Gasteiger charge is -2.62. The van der Waals surface area contributed by atoms with E-state index in [1.165, 1.54) is 25.5 Å². The molecule has 0 aromatic carbocycles. The van der Waals surface area contributed by atoms with Crippen molar-refractivity contribution in [1.82, 2.24) is 19.9 Å². The molecule has 3 saturated carbocycles. The van der Waals surface area contributed by atoms with Crippen molar-refractivity contribution in [1.29, 1.82) is 5.26 Å². The zero-order valence-corrected chi connectivity index (χ0v) is 14.9. The number of carbonyl (C=O) groups excluding carboxylic acids is 1. The van der Waals surface area contributed by atoms with Crippen LogP contribution in [0.15, 0.2) is 36.7 Å². The van der Waals surface area contributed by atoms with Gasteiger partial charge in [0.25, 0.3) is 5.91 Å². The van der Waals surface area contributed by atoms with E-state index in [1.54, 1.807) is 23.8 Å². The smallest absolute Gasteiger partial charge is 0.254 e. The first-order valence-corrected chi connectivity index (χ1v) is 8.99. The molecular formula is C20H18N6O. The number of carbonyl (C=O) groups is 1. The molecule has 0 unspecified atom stereocenters. The Hall–Kier alpha value is -3.40. The molecule has 3 aliphatic rings. The van der Waals surface area contributed by atoms with Crippen LogP contribution in [0.3, 0.4) is 0 Å². The molecule has 3 aliphatic carbocycles. The second kappa shape index (κ2) is 5.55. The van der Waals surface area contributed by atoms with Crippen LogP contribution in [-0.2, 0) is 0 Å². The Morgan fingerprint density at radius 1 is 1.30 bits per heavy atom. The summed E-state index contributed by atoms with van der Waals surface area (Å²) in [5.74, 6) is 0.690. The fourth-order valence-corrected chi connectivity index (χ4v) is 4.19. The molecule has 2 bridgehead atoms. The van der Waals surface area contributed by atoms with E-state index < -0.39 is 0 Å². The first-order chi connectivity index (χ1) is 13.1. The third kappa shape index (κ3) is 2.37. The molecule has 134 valence electrons. The molecule has 3 fully saturated rings. The fraction of sp³-hybridized carbons (Fsp3) is 0.300. The molecule has 3 heterocycles. The second-order valence-electron chi connectivity index (χ2n) is 7.49. The summed E-state index contributed by atoms with van der Waals surface area (Å²) in [5, 5.41) is 19.7. The van der Waals surface area contributed by atoms with Crippen molar-refractivity contribution in [3.63, 3.8) is 0 Å². The molecule has 7 heteroatoms. The van der Waals surface area contributed by atoms with Crippen LogP contribution in [0.2, 0.25) is 0 Å². The first kappa shape index (κ1) is 15.8. The van der Waals surface area contributed by atoms with Crippen LogP contribution >= 0.6 is 0 Å². The molecule has 0 saturated heterocycles. The molecule has 3 aromatic rings. The molecule has 6 rings (SSSR count). The van der Waals surface area contributed by atoms with Crippen molar-refractivity contribution < 1.29 is 4.79 Å². The van der Waals surface area contributed by atoms with Crippen molar-refractivity contribution >= 4 is 17.1 Å². The van der Waals surface area contributed by atoms with Gasteiger partial charge in [-0.3, -0.25) is 9.78 Å². The number of nitriles is 1. The number of rotatable bonds is 4. The van der Waals surface area contributed by atoms with Gasteiger partial charge in [0.15, 0.2) is 0 Å². The van der Waals surface area contributed by atoms with Crippen molar-refractivity contribution in [2.24, 2.45) is 5.92 Å². The van der Waals surface area contributed by atoms with E-state index >= 15 is 0 Å². The van der Waals surface area contributed by atoms with Crippen LogP contribution in [0.25, 0.3) is 16.9 Å². The van der Waals surface area contributed by atoms with E-state index in [9.17, 15) is 4.79 Å². The zero-order valence-electron chi connectivity index (χ0n) is 14.9. The molecule has 2 N–H and O–H groups in total. The van der Waals surface area contributed by atoms with Crippen LogP contribution in [0, 0.1) is 17.2 Å². The van der Waals surface area contributed by atoms with E-state index in [0.29, 0.717) is 11.1 Å². The summed E-state index contributed by atoms with van der Waals surface area (Å²) in [5.41, 5.74) is 4.39. The Balaban J connectivity index is 1.58. The van der Waals surface area contributed by atoms with Crippen molar-refractivity contribution in [2.75, 3.05) is 12.4 Å². The van der Waals surface area contributed by atoms with Gasteiger partial charge in [-0.05, 0) is 49.4 Å². The zero-order chi connectivity index (χ0) is 18.6. The molecule has 1 amide bonds. The average molecular weight is 358 g/mol. The van der Waals surface area contributed by atoms with Gasteiger partial charge in [-0.25, -0.2) is 4.52 Å². The lowest BCUT2D eigenvalue weighted by atomic mass is 9.50. The SMILES string of the molecule is CNC(=O)c1cnc(-c2ccc3cc(C#N)cnn23)cc1NC12CC(C1)C2. The number of amides is 1. The monoisotopic (exact) mass is 358 g/mol. The average Bonchev–Trinajstić information content (AvgIpc) is 3.05. The minimum Gasteiger partial charge on any atom is -0.379 e. The van der Waals surface area contributed by atoms with Crippen LogP contribution < -0.4 is 10.6 Å². The molecule has 0 radical (unpaired) electrons. The Bertz CT molecular complexity index is 1110. The normalized spacial score (nSPS) is 22.4. The lowest BCUT2D eigenvalue weighted by Crippen LogP contribution is -2.63. The van der Waals surface area contributed by atoms with Crippen molar-refractivity contribution in [2.45, 2.75) is 24.8 Å². The fourth-order valence-electron chi connectivity index (χ4n) is 4.19. The van der Waals surface area contributed by atoms with Crippen molar-refractivity contribution in [3.8, 4) is 17.5 Å². The van der Waals surface area contributed by atoms with Gasteiger partial charge < -0.3 is 10.6 Å². The Labute approximate surface area is 156 Å². The largest absolute Gasteiger partial charge is 0.379 e. The first-order valence-electron chi connectivity index (χ1n) is 8.99. The van der Waals surface area contributed by atoms with Crippen molar-refractivity contribution in [3.05, 3.63) is 47.8 Å². The molecule has 0 spiro atoms. The highest BCUT2D eigenvalue weighted by Gasteiger charge is 2.56. The molecule has 7 nitrogen and oxygen atoms in total. The summed E-state index contributed by atoms with van der Waals surface area (Å²) in [6.45, 7) is 0.